The van der Waals surface area contributed by atoms with Crippen molar-refractivity contribution in [3.8, 4) is 0 Å². The Labute approximate surface area is 243 Å². The van der Waals surface area contributed by atoms with Crippen LogP contribution in [0.3, 0.4) is 0 Å². The van der Waals surface area contributed by atoms with Crippen LogP contribution in [-0.2, 0) is 34.4 Å². The molecular weight excluding hydrogens is 527 g/mol. The first-order valence-electron chi connectivity index (χ1n) is 13.6. The molecule has 0 aliphatic carbocycles. The number of nitrogens with zero attached hydrogens (tertiary/aromatic N) is 1. The predicted molar refractivity (Wildman–Crippen MR) is 162 cm³/mol. The summed E-state index contributed by atoms with van der Waals surface area (Å²) in [5.41, 5.74) is 4.14. The summed E-state index contributed by atoms with van der Waals surface area (Å²) in [5.74, 6) is 0.0271. The van der Waals surface area contributed by atoms with Gasteiger partial charge in [-0.25, -0.2) is 0 Å². The Bertz CT molecular complexity index is 1230. The van der Waals surface area contributed by atoms with Crippen molar-refractivity contribution in [2.24, 2.45) is 5.92 Å². The molecule has 0 fully saturated rings. The van der Waals surface area contributed by atoms with Crippen LogP contribution >= 0.6 is 23.2 Å². The van der Waals surface area contributed by atoms with Gasteiger partial charge in [0.1, 0.15) is 6.04 Å². The summed E-state index contributed by atoms with van der Waals surface area (Å²) in [7, 11) is 0. The zero-order chi connectivity index (χ0) is 28.6. The first kappa shape index (κ1) is 30.7. The van der Waals surface area contributed by atoms with Crippen LogP contribution in [0.15, 0.2) is 72.8 Å². The van der Waals surface area contributed by atoms with Crippen molar-refractivity contribution < 1.29 is 9.59 Å². The number of hydrogen-bond donors (Lipinski definition) is 1. The van der Waals surface area contributed by atoms with Crippen molar-refractivity contribution in [1.82, 2.24) is 10.2 Å². The van der Waals surface area contributed by atoms with Crippen LogP contribution in [0.4, 0.5) is 0 Å². The third-order valence-electron chi connectivity index (χ3n) is 6.76. The van der Waals surface area contributed by atoms with Gasteiger partial charge in [-0.3, -0.25) is 9.59 Å². The van der Waals surface area contributed by atoms with Crippen molar-refractivity contribution in [1.29, 1.82) is 0 Å². The fraction of sp³-hybridized carbons (Fsp3) is 0.394. The van der Waals surface area contributed by atoms with Crippen molar-refractivity contribution in [2.45, 2.75) is 71.9 Å². The first-order valence-corrected chi connectivity index (χ1v) is 14.3. The quantitative estimate of drug-likeness (QED) is 0.259. The van der Waals surface area contributed by atoms with Crippen molar-refractivity contribution in [3.63, 3.8) is 0 Å². The predicted octanol–water partition coefficient (Wildman–Crippen LogP) is 7.64. The highest BCUT2D eigenvalue weighted by molar-refractivity contribution is 6.35. The van der Waals surface area contributed by atoms with Gasteiger partial charge in [0.05, 0.1) is 0 Å². The lowest BCUT2D eigenvalue weighted by molar-refractivity contribution is -0.141. The molecule has 0 aromatic heterocycles. The van der Waals surface area contributed by atoms with E-state index in [4.69, 9.17) is 23.2 Å². The maximum Gasteiger partial charge on any atom is 0.243 e. The number of aryl methyl sites for hydroxylation is 1. The van der Waals surface area contributed by atoms with Gasteiger partial charge in [0.15, 0.2) is 0 Å². The average Bonchev–Trinajstić information content (AvgIpc) is 2.89. The Balaban J connectivity index is 1.90. The zero-order valence-electron chi connectivity index (χ0n) is 23.6. The van der Waals surface area contributed by atoms with Crippen LogP contribution in [0.5, 0.6) is 0 Å². The molecule has 2 amide bonds. The Morgan fingerprint density at radius 1 is 0.897 bits per heavy atom. The van der Waals surface area contributed by atoms with E-state index in [0.717, 1.165) is 16.7 Å². The van der Waals surface area contributed by atoms with Crippen LogP contribution in [-0.4, -0.2) is 29.3 Å². The number of amides is 2. The SMILES string of the molecule is CC(C)CNC(=O)[C@H](Cc1ccccc1)N(Cc1ccc(Cl)cc1Cl)C(=O)CCc1ccc(C(C)(C)C)cc1. The van der Waals surface area contributed by atoms with Crippen LogP contribution < -0.4 is 5.32 Å². The minimum Gasteiger partial charge on any atom is -0.354 e. The van der Waals surface area contributed by atoms with E-state index in [0.29, 0.717) is 29.4 Å². The van der Waals surface area contributed by atoms with Crippen LogP contribution in [0.1, 0.15) is 63.3 Å². The van der Waals surface area contributed by atoms with Gasteiger partial charge in [-0.1, -0.05) is 118 Å². The normalized spacial score (nSPS) is 12.3. The molecule has 1 N–H and O–H groups in total. The summed E-state index contributed by atoms with van der Waals surface area (Å²) in [6.45, 7) is 11.4. The summed E-state index contributed by atoms with van der Waals surface area (Å²) in [6.07, 6.45) is 1.27. The number of hydrogen-bond acceptors (Lipinski definition) is 2. The van der Waals surface area contributed by atoms with Gasteiger partial charge in [-0.2, -0.15) is 0 Å². The number of benzene rings is 3. The number of halogens is 2. The highest BCUT2D eigenvalue weighted by atomic mass is 35.5. The van der Waals surface area contributed by atoms with Gasteiger partial charge < -0.3 is 10.2 Å². The zero-order valence-corrected chi connectivity index (χ0v) is 25.1. The maximum absolute atomic E-state index is 13.9. The molecule has 0 aliphatic rings. The molecule has 39 heavy (non-hydrogen) atoms. The Morgan fingerprint density at radius 3 is 2.15 bits per heavy atom. The Morgan fingerprint density at radius 2 is 1.56 bits per heavy atom. The number of carbonyl (C=O) groups is 2. The van der Waals surface area contributed by atoms with Gasteiger partial charge >= 0.3 is 0 Å². The second-order valence-electron chi connectivity index (χ2n) is 11.5. The molecule has 3 aromatic rings. The summed E-state index contributed by atoms with van der Waals surface area (Å²) >= 11 is 12.7. The Kier molecular flexibility index (Phi) is 11.0. The van der Waals surface area contributed by atoms with Gasteiger partial charge in [0.25, 0.3) is 0 Å². The van der Waals surface area contributed by atoms with E-state index in [2.05, 4.69) is 50.4 Å². The highest BCUT2D eigenvalue weighted by Gasteiger charge is 2.30. The summed E-state index contributed by atoms with van der Waals surface area (Å²) < 4.78 is 0. The second kappa shape index (κ2) is 14.0. The molecule has 0 saturated heterocycles. The molecule has 0 bridgehead atoms. The molecular formula is C33H40Cl2N2O2. The molecule has 6 heteroatoms. The van der Waals surface area contributed by atoms with E-state index in [1.165, 1.54) is 5.56 Å². The molecule has 1 atom stereocenters. The topological polar surface area (TPSA) is 49.4 Å². The van der Waals surface area contributed by atoms with Crippen molar-refractivity contribution in [2.75, 3.05) is 6.54 Å². The fourth-order valence-electron chi connectivity index (χ4n) is 4.38. The van der Waals surface area contributed by atoms with E-state index in [-0.39, 0.29) is 36.1 Å². The van der Waals surface area contributed by atoms with E-state index in [1.807, 2.05) is 50.2 Å². The van der Waals surface area contributed by atoms with E-state index < -0.39 is 6.04 Å². The molecule has 0 radical (unpaired) electrons. The minimum atomic E-state index is -0.686. The summed E-state index contributed by atoms with van der Waals surface area (Å²) in [4.78, 5) is 29.1. The lowest BCUT2D eigenvalue weighted by atomic mass is 9.86. The minimum absolute atomic E-state index is 0.0665. The first-order chi connectivity index (χ1) is 18.4. The van der Waals surface area contributed by atoms with Crippen molar-refractivity contribution >= 4 is 35.0 Å². The van der Waals surface area contributed by atoms with Crippen LogP contribution in [0, 0.1) is 5.92 Å². The van der Waals surface area contributed by atoms with Crippen LogP contribution in [0.2, 0.25) is 10.0 Å². The monoisotopic (exact) mass is 566 g/mol. The molecule has 4 nitrogen and oxygen atoms in total. The fourth-order valence-corrected chi connectivity index (χ4v) is 4.84. The maximum atomic E-state index is 13.9. The van der Waals surface area contributed by atoms with E-state index in [1.54, 1.807) is 17.0 Å². The highest BCUT2D eigenvalue weighted by Crippen LogP contribution is 2.26. The second-order valence-corrected chi connectivity index (χ2v) is 12.4. The third-order valence-corrected chi connectivity index (χ3v) is 7.35. The standard InChI is InChI=1S/C33H40Cl2N2O2/c1-23(2)21-36-32(39)30(19-25-9-7-6-8-10-25)37(22-26-14-17-28(34)20-29(26)35)31(38)18-13-24-11-15-27(16-12-24)33(3,4)5/h6-12,14-17,20,23,30H,13,18-19,21-22H2,1-5H3,(H,36,39)/t30-/m0/s1. The van der Waals surface area contributed by atoms with Crippen molar-refractivity contribution in [3.05, 3.63) is 105 Å². The van der Waals surface area contributed by atoms with Gasteiger partial charge in [0, 0.05) is 36.0 Å². The molecule has 3 aromatic carbocycles. The lowest BCUT2D eigenvalue weighted by Crippen LogP contribution is -2.51. The smallest absolute Gasteiger partial charge is 0.243 e. The molecule has 3 rings (SSSR count). The van der Waals surface area contributed by atoms with E-state index in [9.17, 15) is 9.59 Å². The molecule has 0 unspecified atom stereocenters. The summed E-state index contributed by atoms with van der Waals surface area (Å²) in [5, 5.41) is 4.05. The van der Waals surface area contributed by atoms with Crippen LogP contribution in [0.25, 0.3) is 0 Å². The molecule has 0 saturated carbocycles. The molecule has 208 valence electrons. The largest absolute Gasteiger partial charge is 0.354 e. The third kappa shape index (κ3) is 9.40. The van der Waals surface area contributed by atoms with Gasteiger partial charge in [-0.05, 0) is 52.1 Å². The summed E-state index contributed by atoms with van der Waals surface area (Å²) in [6, 6.07) is 22.8. The average molecular weight is 568 g/mol. The molecule has 0 spiro atoms. The molecule has 0 heterocycles. The van der Waals surface area contributed by atoms with E-state index >= 15 is 0 Å². The van der Waals surface area contributed by atoms with Gasteiger partial charge in [0.2, 0.25) is 11.8 Å². The molecule has 0 aliphatic heterocycles. The lowest BCUT2D eigenvalue weighted by Gasteiger charge is -2.32. The number of nitrogens with one attached hydrogen (secondary N) is 1. The van der Waals surface area contributed by atoms with Gasteiger partial charge in [-0.15, -0.1) is 0 Å². The number of rotatable bonds is 11. The number of carbonyl (C=O) groups excluding carboxylic acids is 2. The Hall–Kier alpha value is -2.82.